The third-order valence-electron chi connectivity index (χ3n) is 13.1. The molecule has 0 unspecified atom stereocenters. The summed E-state index contributed by atoms with van der Waals surface area (Å²) in [7, 11) is 2.10. The molecule has 10 rings (SSSR count). The molecule has 69 heavy (non-hydrogen) atoms. The molecular weight excluding hydrogens is 949 g/mol. The standard InChI is InChI=1S/C50H54N10O5S4/c1-29(61)53-20-33-11-10-32(42-22-55-48(69-42)36-27-60(28-36)50(65)40-13-15-44(67-40)57-46(63)38-9-5-17-52-38)19-34(33)24-58(2)23-30-6-3-7-31(18-30)41-21-54-47(68-41)35-25-59(26-35)49(64)39-12-14-43(66-39)56-45(62)37-8-4-16-51-37/h3,6-7,10-15,18-19,21-22,35-38,51-52H,4-5,8-9,16-17,20,23-28H2,1-2H3,(H,53,61)(H,56,62)(H,57,63)/t37-,38-/m0/s1. The average Bonchev–Trinajstić information content (AvgIpc) is 4.16. The minimum absolute atomic E-state index is 0.0191. The summed E-state index contributed by atoms with van der Waals surface area (Å²) in [6.07, 6.45) is 7.49. The highest BCUT2D eigenvalue weighted by molar-refractivity contribution is 7.18. The molecule has 4 fully saturated rings. The van der Waals surface area contributed by atoms with Crippen molar-refractivity contribution >= 4 is 84.9 Å². The van der Waals surface area contributed by atoms with E-state index < -0.39 is 0 Å². The van der Waals surface area contributed by atoms with Crippen LogP contribution < -0.4 is 26.6 Å². The number of carbonyl (C=O) groups excluding carboxylic acids is 5. The number of carbonyl (C=O) groups is 5. The first-order chi connectivity index (χ1) is 33.5. The lowest BCUT2D eigenvalue weighted by atomic mass is 10.0. The number of likely N-dealkylation sites (tertiary alicyclic amines) is 2. The number of hydrogen-bond acceptors (Lipinski definition) is 14. The van der Waals surface area contributed by atoms with Crippen molar-refractivity contribution in [2.24, 2.45) is 0 Å². The van der Waals surface area contributed by atoms with E-state index in [2.05, 4.69) is 81.0 Å². The number of nitrogens with one attached hydrogen (secondary N) is 5. The first-order valence-corrected chi connectivity index (χ1v) is 26.7. The molecule has 15 nitrogen and oxygen atoms in total. The summed E-state index contributed by atoms with van der Waals surface area (Å²) >= 11 is 5.96. The zero-order valence-corrected chi connectivity index (χ0v) is 41.7. The van der Waals surface area contributed by atoms with E-state index in [4.69, 9.17) is 9.97 Å². The van der Waals surface area contributed by atoms with Crippen molar-refractivity contribution in [2.45, 2.75) is 76.2 Å². The van der Waals surface area contributed by atoms with E-state index in [1.54, 1.807) is 40.9 Å². The lowest BCUT2D eigenvalue weighted by Crippen LogP contribution is -2.48. The van der Waals surface area contributed by atoms with Crippen molar-refractivity contribution in [1.29, 1.82) is 0 Å². The lowest BCUT2D eigenvalue weighted by Gasteiger charge is -2.37. The number of anilines is 2. The van der Waals surface area contributed by atoms with Gasteiger partial charge in [0.2, 0.25) is 17.7 Å². The van der Waals surface area contributed by atoms with E-state index in [-0.39, 0.29) is 53.5 Å². The van der Waals surface area contributed by atoms with Crippen LogP contribution in [-0.4, -0.2) is 113 Å². The van der Waals surface area contributed by atoms with Crippen LogP contribution in [0.4, 0.5) is 10.0 Å². The number of nitrogens with zero attached hydrogens (tertiary/aromatic N) is 5. The molecule has 2 atom stereocenters. The van der Waals surface area contributed by atoms with E-state index in [0.717, 1.165) is 80.8 Å². The number of rotatable bonds is 16. The van der Waals surface area contributed by atoms with Crippen LogP contribution in [0.3, 0.4) is 0 Å². The van der Waals surface area contributed by atoms with Crippen molar-refractivity contribution in [2.75, 3.05) is 56.9 Å². The molecular formula is C50H54N10O5S4. The van der Waals surface area contributed by atoms with Gasteiger partial charge in [0, 0.05) is 77.0 Å². The monoisotopic (exact) mass is 1000 g/mol. The van der Waals surface area contributed by atoms with E-state index in [0.29, 0.717) is 65.6 Å². The molecule has 0 spiro atoms. The van der Waals surface area contributed by atoms with Gasteiger partial charge in [-0.25, -0.2) is 9.97 Å². The van der Waals surface area contributed by atoms with Crippen LogP contribution in [0.1, 0.15) is 90.5 Å². The molecule has 8 heterocycles. The third kappa shape index (κ3) is 10.9. The Kier molecular flexibility index (Phi) is 14.1. The van der Waals surface area contributed by atoms with Crippen LogP contribution in [-0.2, 0) is 34.0 Å². The molecule has 4 aliphatic rings. The molecule has 4 aliphatic heterocycles. The minimum atomic E-state index is -0.176. The van der Waals surface area contributed by atoms with Gasteiger partial charge in [-0.3, -0.25) is 28.9 Å². The van der Waals surface area contributed by atoms with E-state index in [9.17, 15) is 24.0 Å². The predicted molar refractivity (Wildman–Crippen MR) is 273 cm³/mol. The highest BCUT2D eigenvalue weighted by Gasteiger charge is 2.36. The molecule has 4 saturated heterocycles. The summed E-state index contributed by atoms with van der Waals surface area (Å²) < 4.78 is 0. The summed E-state index contributed by atoms with van der Waals surface area (Å²) in [5, 5.41) is 18.7. The predicted octanol–water partition coefficient (Wildman–Crippen LogP) is 7.18. The number of benzene rings is 2. The summed E-state index contributed by atoms with van der Waals surface area (Å²) in [6, 6.07) is 21.8. The topological polar surface area (TPSA) is 181 Å². The summed E-state index contributed by atoms with van der Waals surface area (Å²) in [6.45, 7) is 7.43. The molecule has 0 saturated carbocycles. The highest BCUT2D eigenvalue weighted by Crippen LogP contribution is 2.38. The van der Waals surface area contributed by atoms with Crippen LogP contribution in [0.25, 0.3) is 20.9 Å². The fraction of sp³-hybridized carbons (Fsp3) is 0.380. The SMILES string of the molecule is CC(=O)NCc1ccc(-c2cnc(C3CN(C(=O)c4ccc(NC(=O)[C@@H]5CCCN5)s4)C3)s2)cc1CN(C)Cc1cccc(-c2cnc(C3CN(C(=O)c4ccc(NC(=O)[C@@H]5CCCN5)s4)C3)s2)c1. The fourth-order valence-electron chi connectivity index (χ4n) is 9.21. The van der Waals surface area contributed by atoms with E-state index in [1.165, 1.54) is 35.2 Å². The van der Waals surface area contributed by atoms with Crippen molar-refractivity contribution < 1.29 is 24.0 Å². The molecule has 5 N–H and O–H groups in total. The Morgan fingerprint density at radius 2 is 1.22 bits per heavy atom. The highest BCUT2D eigenvalue weighted by atomic mass is 32.1. The van der Waals surface area contributed by atoms with Crippen molar-refractivity contribution in [1.82, 2.24) is 40.6 Å². The first kappa shape index (κ1) is 47.0. The number of thiazole rings is 2. The second kappa shape index (κ2) is 20.7. The number of aromatic nitrogens is 2. The van der Waals surface area contributed by atoms with Gasteiger partial charge in [0.05, 0.1) is 51.6 Å². The first-order valence-electron chi connectivity index (χ1n) is 23.4. The molecule has 0 radical (unpaired) electrons. The second-order valence-electron chi connectivity index (χ2n) is 18.3. The van der Waals surface area contributed by atoms with Gasteiger partial charge < -0.3 is 36.4 Å². The maximum atomic E-state index is 13.3. The van der Waals surface area contributed by atoms with Gasteiger partial charge in [-0.15, -0.1) is 45.3 Å². The number of thiophene rings is 2. The van der Waals surface area contributed by atoms with Crippen LogP contribution in [0.15, 0.2) is 79.1 Å². The van der Waals surface area contributed by atoms with Gasteiger partial charge in [0.15, 0.2) is 0 Å². The van der Waals surface area contributed by atoms with Crippen molar-refractivity contribution in [3.05, 3.63) is 116 Å². The van der Waals surface area contributed by atoms with E-state index in [1.807, 2.05) is 28.3 Å². The van der Waals surface area contributed by atoms with Gasteiger partial charge in [-0.2, -0.15) is 0 Å². The maximum Gasteiger partial charge on any atom is 0.264 e. The fourth-order valence-corrected chi connectivity index (χ4v) is 13.0. The summed E-state index contributed by atoms with van der Waals surface area (Å²) in [5.74, 6) is 0.109. The summed E-state index contributed by atoms with van der Waals surface area (Å²) in [5.41, 5.74) is 5.49. The second-order valence-corrected chi connectivity index (χ2v) is 22.6. The largest absolute Gasteiger partial charge is 0.352 e. The van der Waals surface area contributed by atoms with Crippen molar-refractivity contribution in [3.63, 3.8) is 0 Å². The molecule has 2 aromatic carbocycles. The van der Waals surface area contributed by atoms with Gasteiger partial charge in [0.25, 0.3) is 11.8 Å². The molecule has 4 aromatic heterocycles. The van der Waals surface area contributed by atoms with E-state index >= 15 is 0 Å². The Hall–Kier alpha value is -5.67. The Labute approximate surface area is 416 Å². The van der Waals surface area contributed by atoms with Gasteiger partial charge >= 0.3 is 0 Å². The Balaban J connectivity index is 0.731. The van der Waals surface area contributed by atoms with Crippen LogP contribution in [0.5, 0.6) is 0 Å². The molecule has 5 amide bonds. The maximum absolute atomic E-state index is 13.3. The van der Waals surface area contributed by atoms with Crippen LogP contribution in [0.2, 0.25) is 0 Å². The zero-order chi connectivity index (χ0) is 47.6. The zero-order valence-electron chi connectivity index (χ0n) is 38.4. The molecule has 19 heteroatoms. The molecule has 0 bridgehead atoms. The minimum Gasteiger partial charge on any atom is -0.352 e. The van der Waals surface area contributed by atoms with Gasteiger partial charge in [-0.1, -0.05) is 30.3 Å². The normalized spacial score (nSPS) is 18.3. The van der Waals surface area contributed by atoms with Crippen molar-refractivity contribution in [3.8, 4) is 20.9 Å². The quantitative estimate of drug-likeness (QED) is 0.0667. The average molecular weight is 1000 g/mol. The summed E-state index contributed by atoms with van der Waals surface area (Å²) in [4.78, 5) is 82.6. The number of amides is 5. The Bertz CT molecular complexity index is 2870. The van der Waals surface area contributed by atoms with Crippen LogP contribution in [0, 0.1) is 0 Å². The van der Waals surface area contributed by atoms with Gasteiger partial charge in [-0.05, 0) is 110 Å². The Morgan fingerprint density at radius 3 is 1.74 bits per heavy atom. The Morgan fingerprint density at radius 1 is 0.667 bits per heavy atom. The molecule has 358 valence electrons. The number of hydrogen-bond donors (Lipinski definition) is 5. The van der Waals surface area contributed by atoms with Crippen LogP contribution >= 0.6 is 45.3 Å². The lowest BCUT2D eigenvalue weighted by molar-refractivity contribution is -0.119. The van der Waals surface area contributed by atoms with Gasteiger partial charge in [0.1, 0.15) is 0 Å². The third-order valence-corrected chi connectivity index (χ3v) is 17.5. The molecule has 0 aliphatic carbocycles. The molecule has 6 aromatic rings. The smallest absolute Gasteiger partial charge is 0.264 e.